The molecule has 0 saturated carbocycles. The molecule has 0 aliphatic carbocycles. The van der Waals surface area contributed by atoms with E-state index in [1.165, 1.54) is 57.8 Å². The van der Waals surface area contributed by atoms with Crippen molar-refractivity contribution in [2.24, 2.45) is 0 Å². The van der Waals surface area contributed by atoms with E-state index in [0.717, 1.165) is 12.8 Å². The quantitative estimate of drug-likeness (QED) is 0.179. The van der Waals surface area contributed by atoms with Crippen LogP contribution in [0, 0.1) is 0 Å². The Hall–Kier alpha value is -0.240. The lowest BCUT2D eigenvalue weighted by atomic mass is 10.0. The second kappa shape index (κ2) is 20.7. The summed E-state index contributed by atoms with van der Waals surface area (Å²) in [7, 11) is 0. The van der Waals surface area contributed by atoms with E-state index in [0.29, 0.717) is 32.9 Å². The summed E-state index contributed by atoms with van der Waals surface area (Å²) in [5.41, 5.74) is 0. The maximum atomic E-state index is 9.56. The molecule has 0 amide bonds. The fraction of sp³-hybridized carbons (Fsp3) is 1.00. The Morgan fingerprint density at radius 2 is 1.13 bits per heavy atom. The van der Waals surface area contributed by atoms with E-state index in [1.807, 2.05) is 25.7 Å². The van der Waals surface area contributed by atoms with Gasteiger partial charge in [0.15, 0.2) is 0 Å². The Labute approximate surface area is 186 Å². The number of hydrogen-bond donors (Lipinski definition) is 2. The molecule has 0 aromatic carbocycles. The van der Waals surface area contributed by atoms with Gasteiger partial charge in [0.1, 0.15) is 6.10 Å². The maximum absolute atomic E-state index is 9.56. The van der Waals surface area contributed by atoms with Crippen molar-refractivity contribution in [3.8, 4) is 0 Å². The van der Waals surface area contributed by atoms with Gasteiger partial charge < -0.3 is 24.4 Å². The van der Waals surface area contributed by atoms with Crippen molar-refractivity contribution in [2.45, 2.75) is 110 Å². The summed E-state index contributed by atoms with van der Waals surface area (Å²) in [5, 5.41) is 19.1. The molecule has 1 unspecified atom stereocenters. The van der Waals surface area contributed by atoms with E-state index in [9.17, 15) is 10.2 Å². The van der Waals surface area contributed by atoms with Gasteiger partial charge in [0, 0.05) is 32.9 Å². The first-order chi connectivity index (χ1) is 14.7. The third-order valence-electron chi connectivity index (χ3n) is 5.48. The standard InChI is InChI=1S/C24H51NO5/c1-5-9-10-11-12-13-14-15-16-17-18-23(28-6-2)24(29-7-3,30-8-4)25(19-21-26)20-22-27/h23,26-27H,5-22H2,1-4H3. The van der Waals surface area contributed by atoms with Gasteiger partial charge in [0.25, 0.3) is 5.91 Å². The van der Waals surface area contributed by atoms with Gasteiger partial charge in [0.2, 0.25) is 0 Å². The predicted octanol–water partition coefficient (Wildman–Crippen LogP) is 4.72. The van der Waals surface area contributed by atoms with Crippen LogP contribution in [0.2, 0.25) is 0 Å². The lowest BCUT2D eigenvalue weighted by Crippen LogP contribution is -2.62. The highest BCUT2D eigenvalue weighted by atomic mass is 16.7. The van der Waals surface area contributed by atoms with Gasteiger partial charge in [-0.05, 0) is 27.2 Å². The van der Waals surface area contributed by atoms with E-state index in [4.69, 9.17) is 14.2 Å². The summed E-state index contributed by atoms with van der Waals surface area (Å²) in [5.74, 6) is -1.08. The topological polar surface area (TPSA) is 71.4 Å². The van der Waals surface area contributed by atoms with Gasteiger partial charge >= 0.3 is 0 Å². The second-order valence-corrected chi connectivity index (χ2v) is 7.85. The van der Waals surface area contributed by atoms with Crippen molar-refractivity contribution in [3.05, 3.63) is 0 Å². The molecule has 1 atom stereocenters. The fourth-order valence-corrected chi connectivity index (χ4v) is 4.08. The average molecular weight is 434 g/mol. The number of aliphatic hydroxyl groups is 2. The first-order valence-corrected chi connectivity index (χ1v) is 12.5. The monoisotopic (exact) mass is 433 g/mol. The molecule has 0 aliphatic rings. The zero-order chi connectivity index (χ0) is 22.5. The second-order valence-electron chi connectivity index (χ2n) is 7.85. The van der Waals surface area contributed by atoms with E-state index in [2.05, 4.69) is 6.92 Å². The summed E-state index contributed by atoms with van der Waals surface area (Å²) < 4.78 is 18.4. The highest BCUT2D eigenvalue weighted by Gasteiger charge is 2.46. The van der Waals surface area contributed by atoms with Crippen molar-refractivity contribution in [3.63, 3.8) is 0 Å². The minimum absolute atomic E-state index is 0.0288. The van der Waals surface area contributed by atoms with Crippen LogP contribution in [0.3, 0.4) is 0 Å². The molecule has 6 nitrogen and oxygen atoms in total. The van der Waals surface area contributed by atoms with Crippen LogP contribution in [0.4, 0.5) is 0 Å². The van der Waals surface area contributed by atoms with Crippen LogP contribution >= 0.6 is 0 Å². The van der Waals surface area contributed by atoms with Crippen LogP contribution in [-0.4, -0.2) is 73.3 Å². The van der Waals surface area contributed by atoms with Crippen LogP contribution in [0.5, 0.6) is 0 Å². The highest BCUT2D eigenvalue weighted by Crippen LogP contribution is 2.30. The van der Waals surface area contributed by atoms with Gasteiger partial charge in [-0.3, -0.25) is 0 Å². The zero-order valence-corrected chi connectivity index (χ0v) is 20.4. The maximum Gasteiger partial charge on any atom is 0.257 e. The molecule has 6 heteroatoms. The Kier molecular flexibility index (Phi) is 20.5. The molecular formula is C24H51NO5. The van der Waals surface area contributed by atoms with Crippen molar-refractivity contribution in [2.75, 3.05) is 46.1 Å². The summed E-state index contributed by atoms with van der Waals surface area (Å²) in [6.45, 7) is 10.3. The van der Waals surface area contributed by atoms with Crippen molar-refractivity contribution in [1.29, 1.82) is 0 Å². The number of ether oxygens (including phenoxy) is 3. The van der Waals surface area contributed by atoms with Crippen LogP contribution in [-0.2, 0) is 14.2 Å². The molecular weight excluding hydrogens is 382 g/mol. The van der Waals surface area contributed by atoms with Gasteiger partial charge in [-0.15, -0.1) is 0 Å². The van der Waals surface area contributed by atoms with Crippen LogP contribution in [0.25, 0.3) is 0 Å². The van der Waals surface area contributed by atoms with Gasteiger partial charge in [-0.1, -0.05) is 71.1 Å². The Morgan fingerprint density at radius 1 is 0.667 bits per heavy atom. The molecule has 0 heterocycles. The SMILES string of the molecule is CCCCCCCCCCCCC(OCC)C(OCC)(OCC)N(CCO)CCO. The molecule has 0 aromatic rings. The number of hydrogen-bond acceptors (Lipinski definition) is 6. The molecule has 0 saturated heterocycles. The summed E-state index contributed by atoms with van der Waals surface area (Å²) in [6.07, 6.45) is 13.4. The Morgan fingerprint density at radius 3 is 1.53 bits per heavy atom. The first-order valence-electron chi connectivity index (χ1n) is 12.5. The molecule has 0 rings (SSSR count). The summed E-state index contributed by atoms with van der Waals surface area (Å²) in [6, 6.07) is 0. The van der Waals surface area contributed by atoms with E-state index in [-0.39, 0.29) is 19.3 Å². The molecule has 0 radical (unpaired) electrons. The number of rotatable bonds is 23. The third kappa shape index (κ3) is 12.0. The largest absolute Gasteiger partial charge is 0.395 e. The van der Waals surface area contributed by atoms with Gasteiger partial charge in [-0.2, -0.15) is 0 Å². The average Bonchev–Trinajstić information content (AvgIpc) is 2.74. The van der Waals surface area contributed by atoms with Crippen molar-refractivity contribution in [1.82, 2.24) is 4.90 Å². The smallest absolute Gasteiger partial charge is 0.257 e. The van der Waals surface area contributed by atoms with E-state index < -0.39 is 5.91 Å². The molecule has 30 heavy (non-hydrogen) atoms. The summed E-state index contributed by atoms with van der Waals surface area (Å²) >= 11 is 0. The van der Waals surface area contributed by atoms with Crippen molar-refractivity contribution >= 4 is 0 Å². The molecule has 0 fully saturated rings. The zero-order valence-electron chi connectivity index (χ0n) is 20.4. The van der Waals surface area contributed by atoms with Gasteiger partial charge in [-0.25, -0.2) is 4.90 Å². The third-order valence-corrected chi connectivity index (χ3v) is 5.48. The number of unbranched alkanes of at least 4 members (excludes halogenated alkanes) is 9. The number of aliphatic hydroxyl groups excluding tert-OH is 2. The molecule has 0 aromatic heterocycles. The Bertz CT molecular complexity index is 344. The highest BCUT2D eigenvalue weighted by molar-refractivity contribution is 4.83. The van der Waals surface area contributed by atoms with Crippen LogP contribution in [0.1, 0.15) is 98.3 Å². The molecule has 0 aliphatic heterocycles. The fourth-order valence-electron chi connectivity index (χ4n) is 4.08. The number of nitrogens with zero attached hydrogens (tertiary/aromatic N) is 1. The minimum atomic E-state index is -1.08. The lowest BCUT2D eigenvalue weighted by molar-refractivity contribution is -0.362. The molecule has 2 N–H and O–H groups in total. The minimum Gasteiger partial charge on any atom is -0.395 e. The van der Waals surface area contributed by atoms with E-state index >= 15 is 0 Å². The molecule has 182 valence electrons. The molecule has 0 bridgehead atoms. The normalized spacial score (nSPS) is 13.3. The summed E-state index contributed by atoms with van der Waals surface area (Å²) in [4.78, 5) is 1.89. The first kappa shape index (κ1) is 29.8. The Balaban J connectivity index is 4.79. The van der Waals surface area contributed by atoms with Crippen molar-refractivity contribution < 1.29 is 24.4 Å². The van der Waals surface area contributed by atoms with Crippen LogP contribution in [0.15, 0.2) is 0 Å². The van der Waals surface area contributed by atoms with E-state index in [1.54, 1.807) is 0 Å². The van der Waals surface area contributed by atoms with Gasteiger partial charge in [0.05, 0.1) is 13.2 Å². The molecule has 0 spiro atoms. The van der Waals surface area contributed by atoms with Crippen LogP contribution < -0.4 is 0 Å². The lowest BCUT2D eigenvalue weighted by Gasteiger charge is -2.46. The predicted molar refractivity (Wildman–Crippen MR) is 124 cm³/mol.